The van der Waals surface area contributed by atoms with Crippen molar-refractivity contribution in [2.45, 2.75) is 57.8 Å². The Hall–Kier alpha value is -0.650. The highest BCUT2D eigenvalue weighted by Crippen LogP contribution is 2.50. The Morgan fingerprint density at radius 2 is 2.16 bits per heavy atom. The Kier molecular flexibility index (Phi) is 4.48. The monoisotopic (exact) mass is 270 g/mol. The highest BCUT2D eigenvalue weighted by molar-refractivity contribution is 5.76. The average molecular weight is 270 g/mol. The number of aliphatic hydroxyl groups excluding tert-OH is 1. The van der Waals surface area contributed by atoms with E-state index in [4.69, 9.17) is 10.5 Å². The standard InChI is InChI=1S/C14H26N2O3/c1-3-19-12-9-11(17)14(12)4-6-16(7-5-14)13(18)8-10(2)15/h10-12,17H,3-9,15H2,1-2H3. The number of ether oxygens (including phenoxy) is 1. The first-order valence-electron chi connectivity index (χ1n) is 7.32. The maximum absolute atomic E-state index is 12.0. The lowest BCUT2D eigenvalue weighted by Crippen LogP contribution is -2.62. The molecule has 19 heavy (non-hydrogen) atoms. The second-order valence-electron chi connectivity index (χ2n) is 5.99. The molecule has 1 saturated heterocycles. The summed E-state index contributed by atoms with van der Waals surface area (Å²) in [6, 6.07) is -0.0890. The molecule has 1 saturated carbocycles. The Bertz CT molecular complexity index is 323. The number of rotatable bonds is 4. The molecule has 1 aliphatic heterocycles. The topological polar surface area (TPSA) is 75.8 Å². The number of hydrogen-bond donors (Lipinski definition) is 2. The Morgan fingerprint density at radius 3 is 2.63 bits per heavy atom. The van der Waals surface area contributed by atoms with Crippen LogP contribution in [0.15, 0.2) is 0 Å². The fourth-order valence-corrected chi connectivity index (χ4v) is 3.39. The smallest absolute Gasteiger partial charge is 0.224 e. The molecule has 2 fully saturated rings. The van der Waals surface area contributed by atoms with Gasteiger partial charge in [-0.05, 0) is 26.7 Å². The van der Waals surface area contributed by atoms with Gasteiger partial charge in [0.2, 0.25) is 5.91 Å². The van der Waals surface area contributed by atoms with E-state index in [0.717, 1.165) is 19.3 Å². The second-order valence-corrected chi connectivity index (χ2v) is 5.99. The molecule has 1 amide bonds. The van der Waals surface area contributed by atoms with Crippen molar-refractivity contribution in [1.29, 1.82) is 0 Å². The zero-order valence-electron chi connectivity index (χ0n) is 12.0. The molecule has 3 unspecified atom stereocenters. The summed E-state index contributed by atoms with van der Waals surface area (Å²) >= 11 is 0. The van der Waals surface area contributed by atoms with Gasteiger partial charge in [0, 0.05) is 44.0 Å². The van der Waals surface area contributed by atoms with E-state index in [1.807, 2.05) is 18.7 Å². The first-order valence-corrected chi connectivity index (χ1v) is 7.32. The quantitative estimate of drug-likeness (QED) is 0.780. The van der Waals surface area contributed by atoms with E-state index in [0.29, 0.717) is 26.1 Å². The molecule has 0 bridgehead atoms. The van der Waals surface area contributed by atoms with E-state index in [1.54, 1.807) is 0 Å². The summed E-state index contributed by atoms with van der Waals surface area (Å²) in [5.74, 6) is 0.131. The van der Waals surface area contributed by atoms with Gasteiger partial charge in [0.1, 0.15) is 0 Å². The number of aliphatic hydroxyl groups is 1. The summed E-state index contributed by atoms with van der Waals surface area (Å²) in [5.41, 5.74) is 5.56. The van der Waals surface area contributed by atoms with Crippen molar-refractivity contribution < 1.29 is 14.6 Å². The van der Waals surface area contributed by atoms with Crippen molar-refractivity contribution >= 4 is 5.91 Å². The van der Waals surface area contributed by atoms with E-state index in [1.165, 1.54) is 0 Å². The fraction of sp³-hybridized carbons (Fsp3) is 0.929. The van der Waals surface area contributed by atoms with Gasteiger partial charge in [-0.15, -0.1) is 0 Å². The molecule has 0 aromatic carbocycles. The molecule has 0 aromatic rings. The van der Waals surface area contributed by atoms with Crippen molar-refractivity contribution in [2.75, 3.05) is 19.7 Å². The van der Waals surface area contributed by atoms with Crippen molar-refractivity contribution in [3.05, 3.63) is 0 Å². The lowest BCUT2D eigenvalue weighted by Gasteiger charge is -2.56. The van der Waals surface area contributed by atoms with E-state index in [2.05, 4.69) is 0 Å². The van der Waals surface area contributed by atoms with Crippen LogP contribution in [-0.4, -0.2) is 53.9 Å². The first-order chi connectivity index (χ1) is 8.99. The van der Waals surface area contributed by atoms with Crippen molar-refractivity contribution in [1.82, 2.24) is 4.90 Å². The van der Waals surface area contributed by atoms with Gasteiger partial charge in [-0.25, -0.2) is 0 Å². The third-order valence-electron chi connectivity index (χ3n) is 4.65. The van der Waals surface area contributed by atoms with Gasteiger partial charge in [0.05, 0.1) is 12.2 Å². The van der Waals surface area contributed by atoms with Crippen LogP contribution in [0.3, 0.4) is 0 Å². The first kappa shape index (κ1) is 14.8. The minimum Gasteiger partial charge on any atom is -0.392 e. The van der Waals surface area contributed by atoms with Gasteiger partial charge < -0.3 is 20.5 Å². The predicted octanol–water partition coefficient (Wildman–Crippen LogP) is 0.502. The summed E-state index contributed by atoms with van der Waals surface area (Å²) in [4.78, 5) is 13.8. The van der Waals surface area contributed by atoms with Gasteiger partial charge in [-0.3, -0.25) is 4.79 Å². The summed E-state index contributed by atoms with van der Waals surface area (Å²) in [7, 11) is 0. The minimum atomic E-state index is -0.269. The summed E-state index contributed by atoms with van der Waals surface area (Å²) in [6.45, 7) is 5.95. The number of carbonyl (C=O) groups is 1. The van der Waals surface area contributed by atoms with Gasteiger partial charge in [-0.2, -0.15) is 0 Å². The average Bonchev–Trinajstić information content (AvgIpc) is 2.38. The number of nitrogens with two attached hydrogens (primary N) is 1. The molecule has 1 spiro atoms. The fourth-order valence-electron chi connectivity index (χ4n) is 3.39. The third kappa shape index (κ3) is 2.78. The Labute approximate surface area is 115 Å². The van der Waals surface area contributed by atoms with E-state index >= 15 is 0 Å². The zero-order chi connectivity index (χ0) is 14.0. The van der Waals surface area contributed by atoms with Crippen LogP contribution in [0.25, 0.3) is 0 Å². The van der Waals surface area contributed by atoms with Crippen LogP contribution in [0.2, 0.25) is 0 Å². The van der Waals surface area contributed by atoms with Crippen molar-refractivity contribution in [2.24, 2.45) is 11.1 Å². The van der Waals surface area contributed by atoms with Gasteiger partial charge in [0.25, 0.3) is 0 Å². The normalized spacial score (nSPS) is 31.1. The number of nitrogens with zero attached hydrogens (tertiary/aromatic N) is 1. The SMILES string of the molecule is CCOC1CC(O)C12CCN(C(=O)CC(C)N)CC2. The molecule has 1 heterocycles. The molecule has 3 atom stereocenters. The van der Waals surface area contributed by atoms with E-state index in [-0.39, 0.29) is 29.6 Å². The molecule has 0 radical (unpaired) electrons. The Morgan fingerprint density at radius 1 is 1.53 bits per heavy atom. The molecule has 0 aromatic heterocycles. The second kappa shape index (κ2) is 5.77. The van der Waals surface area contributed by atoms with E-state index < -0.39 is 0 Å². The van der Waals surface area contributed by atoms with Crippen molar-refractivity contribution in [3.8, 4) is 0 Å². The molecule has 2 rings (SSSR count). The molecular weight excluding hydrogens is 244 g/mol. The maximum atomic E-state index is 12.0. The Balaban J connectivity index is 1.89. The van der Waals surface area contributed by atoms with Crippen LogP contribution in [0.4, 0.5) is 0 Å². The van der Waals surface area contributed by atoms with Crippen LogP contribution in [-0.2, 0) is 9.53 Å². The van der Waals surface area contributed by atoms with Crippen LogP contribution in [0.1, 0.15) is 39.5 Å². The highest BCUT2D eigenvalue weighted by Gasteiger charge is 2.56. The third-order valence-corrected chi connectivity index (χ3v) is 4.65. The summed E-state index contributed by atoms with van der Waals surface area (Å²) < 4.78 is 5.72. The molecule has 1 aliphatic carbocycles. The molecule has 3 N–H and O–H groups in total. The number of hydrogen-bond acceptors (Lipinski definition) is 4. The molecular formula is C14H26N2O3. The maximum Gasteiger partial charge on any atom is 0.224 e. The number of piperidine rings is 1. The minimum absolute atomic E-state index is 0.0890. The highest BCUT2D eigenvalue weighted by atomic mass is 16.5. The van der Waals surface area contributed by atoms with Crippen molar-refractivity contribution in [3.63, 3.8) is 0 Å². The van der Waals surface area contributed by atoms with E-state index in [9.17, 15) is 9.90 Å². The molecule has 110 valence electrons. The van der Waals surface area contributed by atoms with Gasteiger partial charge in [-0.1, -0.05) is 0 Å². The lowest BCUT2D eigenvalue weighted by molar-refractivity contribution is -0.210. The number of amides is 1. The van der Waals surface area contributed by atoms with Crippen LogP contribution in [0, 0.1) is 5.41 Å². The summed E-state index contributed by atoms with van der Waals surface area (Å²) in [6.07, 6.45) is 2.71. The molecule has 2 aliphatic rings. The van der Waals surface area contributed by atoms with Crippen LogP contribution in [0.5, 0.6) is 0 Å². The number of carbonyl (C=O) groups excluding carboxylic acids is 1. The lowest BCUT2D eigenvalue weighted by atomic mass is 9.58. The van der Waals surface area contributed by atoms with Crippen LogP contribution >= 0.6 is 0 Å². The van der Waals surface area contributed by atoms with Gasteiger partial charge in [0.15, 0.2) is 0 Å². The molecule has 5 heteroatoms. The molecule has 5 nitrogen and oxygen atoms in total. The van der Waals surface area contributed by atoms with Gasteiger partial charge >= 0.3 is 0 Å². The number of likely N-dealkylation sites (tertiary alicyclic amines) is 1. The summed E-state index contributed by atoms with van der Waals surface area (Å²) in [5, 5.41) is 10.1. The largest absolute Gasteiger partial charge is 0.392 e. The van der Waals surface area contributed by atoms with Crippen LogP contribution < -0.4 is 5.73 Å². The predicted molar refractivity (Wildman–Crippen MR) is 72.6 cm³/mol. The zero-order valence-corrected chi connectivity index (χ0v) is 12.0.